The molecule has 1 aliphatic heterocycles. The molecule has 1 rings (SSSR count). The van der Waals surface area contributed by atoms with Crippen molar-refractivity contribution in [3.05, 3.63) is 0 Å². The maximum Gasteiger partial charge on any atom is 0.154 e. The number of amidine groups is 1. The minimum atomic E-state index is -3.11. The molecule has 0 spiro atoms. The molecule has 0 aromatic heterocycles. The third-order valence-electron chi connectivity index (χ3n) is 1.55. The number of nitrogens with two attached hydrogens (primary N) is 1. The Balaban J connectivity index is 2.64. The summed E-state index contributed by atoms with van der Waals surface area (Å²) in [6.07, 6.45) is -0.885. The quantitative estimate of drug-likeness (QED) is 0.371. The van der Waals surface area contributed by atoms with Gasteiger partial charge < -0.3 is 10.8 Å². The van der Waals surface area contributed by atoms with Gasteiger partial charge in [0.15, 0.2) is 15.0 Å². The van der Waals surface area contributed by atoms with Gasteiger partial charge in [-0.15, -0.1) is 0 Å². The molecule has 0 radical (unpaired) electrons. The van der Waals surface area contributed by atoms with Gasteiger partial charge in [-0.25, -0.2) is 8.42 Å². The van der Waals surface area contributed by atoms with E-state index >= 15 is 0 Å². The van der Waals surface area contributed by atoms with Crippen LogP contribution in [0.4, 0.5) is 0 Å². The minimum Gasteiger partial charge on any atom is -0.391 e. The second-order valence-electron chi connectivity index (χ2n) is 2.66. The molecule has 0 unspecified atom stereocenters. The highest BCUT2D eigenvalue weighted by Crippen LogP contribution is 2.24. The van der Waals surface area contributed by atoms with E-state index in [1.165, 1.54) is 0 Å². The van der Waals surface area contributed by atoms with Crippen molar-refractivity contribution in [2.45, 2.75) is 11.4 Å². The zero-order valence-electron chi connectivity index (χ0n) is 6.23. The Morgan fingerprint density at radius 1 is 1.58 bits per heavy atom. The van der Waals surface area contributed by atoms with Crippen LogP contribution in [0, 0.1) is 5.41 Å². The van der Waals surface area contributed by atoms with E-state index in [9.17, 15) is 13.5 Å². The molecule has 1 fully saturated rings. The molecule has 4 N–H and O–H groups in total. The molecule has 0 aromatic rings. The van der Waals surface area contributed by atoms with Gasteiger partial charge in [-0.2, -0.15) is 0 Å². The van der Waals surface area contributed by atoms with E-state index in [2.05, 4.69) is 0 Å². The normalized spacial score (nSPS) is 33.4. The van der Waals surface area contributed by atoms with Crippen LogP contribution in [-0.4, -0.2) is 41.6 Å². The summed E-state index contributed by atoms with van der Waals surface area (Å²) in [4.78, 5) is 0. The molecule has 0 bridgehead atoms. The van der Waals surface area contributed by atoms with Crippen LogP contribution in [-0.2, 0) is 9.84 Å². The molecule has 7 heteroatoms. The van der Waals surface area contributed by atoms with E-state index < -0.39 is 21.2 Å². The number of nitrogens with one attached hydrogen (secondary N) is 1. The van der Waals surface area contributed by atoms with Crippen LogP contribution >= 0.6 is 11.8 Å². The molecule has 12 heavy (non-hydrogen) atoms. The lowest BCUT2D eigenvalue weighted by Crippen LogP contribution is -2.23. The summed E-state index contributed by atoms with van der Waals surface area (Å²) in [5.74, 6) is -0.295. The summed E-state index contributed by atoms with van der Waals surface area (Å²) in [6.45, 7) is 0. The molecule has 0 aliphatic carbocycles. The Bertz CT molecular complexity index is 287. The van der Waals surface area contributed by atoms with Gasteiger partial charge in [0.1, 0.15) is 0 Å². The molecule has 1 heterocycles. The Labute approximate surface area is 74.8 Å². The van der Waals surface area contributed by atoms with Crippen LogP contribution in [0.3, 0.4) is 0 Å². The van der Waals surface area contributed by atoms with Gasteiger partial charge in [-0.05, 0) is 0 Å². The van der Waals surface area contributed by atoms with Gasteiger partial charge in [-0.1, -0.05) is 11.8 Å². The molecule has 1 saturated heterocycles. The predicted octanol–water partition coefficient (Wildman–Crippen LogP) is -1.23. The van der Waals surface area contributed by atoms with Crippen molar-refractivity contribution in [1.82, 2.24) is 0 Å². The van der Waals surface area contributed by atoms with Crippen molar-refractivity contribution >= 4 is 26.8 Å². The first-order valence-electron chi connectivity index (χ1n) is 3.30. The third-order valence-corrected chi connectivity index (χ3v) is 4.52. The van der Waals surface area contributed by atoms with E-state index in [0.717, 1.165) is 11.8 Å². The predicted molar refractivity (Wildman–Crippen MR) is 48.0 cm³/mol. The standard InChI is InChI=1S/C5H10N2O3S2/c6-5(7)11-4-2-12(9,10)1-3(4)8/h3-4,8H,1-2H2,(H3,6,7)/t3-,4-/m0/s1. The van der Waals surface area contributed by atoms with Crippen molar-refractivity contribution in [2.75, 3.05) is 11.5 Å². The van der Waals surface area contributed by atoms with Gasteiger partial charge in [0.2, 0.25) is 0 Å². The summed E-state index contributed by atoms with van der Waals surface area (Å²) in [7, 11) is -3.11. The molecule has 2 atom stereocenters. The fourth-order valence-electron chi connectivity index (χ4n) is 1.07. The van der Waals surface area contributed by atoms with Crippen LogP contribution in [0.15, 0.2) is 0 Å². The van der Waals surface area contributed by atoms with Crippen molar-refractivity contribution in [3.63, 3.8) is 0 Å². The van der Waals surface area contributed by atoms with Crippen LogP contribution in [0.2, 0.25) is 0 Å². The Hall–Kier alpha value is -0.270. The number of aliphatic hydroxyl groups is 1. The van der Waals surface area contributed by atoms with Gasteiger partial charge in [0.05, 0.1) is 22.9 Å². The molecule has 70 valence electrons. The van der Waals surface area contributed by atoms with Gasteiger partial charge in [-0.3, -0.25) is 5.41 Å². The fraction of sp³-hybridized carbons (Fsp3) is 0.800. The summed E-state index contributed by atoms with van der Waals surface area (Å²) in [6, 6.07) is 0. The lowest BCUT2D eigenvalue weighted by molar-refractivity contribution is 0.208. The van der Waals surface area contributed by atoms with E-state index in [1.54, 1.807) is 0 Å². The summed E-state index contributed by atoms with van der Waals surface area (Å²) < 4.78 is 21.9. The minimum absolute atomic E-state index is 0.0849. The Morgan fingerprint density at radius 3 is 2.50 bits per heavy atom. The molecule has 0 aromatic carbocycles. The van der Waals surface area contributed by atoms with E-state index in [-0.39, 0.29) is 16.7 Å². The SMILES string of the molecule is N=C(N)S[C@H]1CS(=O)(=O)C[C@@H]1O. The first-order valence-corrected chi connectivity index (χ1v) is 6.00. The maximum absolute atomic E-state index is 10.9. The van der Waals surface area contributed by atoms with Crippen LogP contribution in [0.25, 0.3) is 0 Å². The zero-order chi connectivity index (χ0) is 9.35. The summed E-state index contributed by atoms with van der Waals surface area (Å²) >= 11 is 0.904. The second-order valence-corrected chi connectivity index (χ2v) is 6.10. The topological polar surface area (TPSA) is 104 Å². The highest BCUT2D eigenvalue weighted by atomic mass is 32.2. The van der Waals surface area contributed by atoms with Crippen molar-refractivity contribution < 1.29 is 13.5 Å². The van der Waals surface area contributed by atoms with Crippen LogP contribution in [0.1, 0.15) is 0 Å². The van der Waals surface area contributed by atoms with E-state index in [4.69, 9.17) is 11.1 Å². The molecule has 5 nitrogen and oxygen atoms in total. The Morgan fingerprint density at radius 2 is 2.17 bits per heavy atom. The highest BCUT2D eigenvalue weighted by Gasteiger charge is 2.37. The highest BCUT2D eigenvalue weighted by molar-refractivity contribution is 8.14. The van der Waals surface area contributed by atoms with Crippen LogP contribution < -0.4 is 5.73 Å². The third kappa shape index (κ3) is 2.36. The number of aliphatic hydroxyl groups excluding tert-OH is 1. The number of hydrogen-bond acceptors (Lipinski definition) is 5. The average Bonchev–Trinajstić information content (AvgIpc) is 2.03. The maximum atomic E-state index is 10.9. The lowest BCUT2D eigenvalue weighted by Gasteiger charge is -2.09. The first-order chi connectivity index (χ1) is 5.41. The number of rotatable bonds is 1. The van der Waals surface area contributed by atoms with Gasteiger partial charge in [0, 0.05) is 0 Å². The van der Waals surface area contributed by atoms with Crippen molar-refractivity contribution in [1.29, 1.82) is 5.41 Å². The first kappa shape index (κ1) is 9.82. The molecular weight excluding hydrogens is 200 g/mol. The second kappa shape index (κ2) is 3.23. The lowest BCUT2D eigenvalue weighted by atomic mass is 10.3. The molecule has 0 amide bonds. The van der Waals surface area contributed by atoms with E-state index in [0.29, 0.717) is 0 Å². The smallest absolute Gasteiger partial charge is 0.154 e. The monoisotopic (exact) mass is 210 g/mol. The zero-order valence-corrected chi connectivity index (χ0v) is 7.86. The van der Waals surface area contributed by atoms with Crippen molar-refractivity contribution in [2.24, 2.45) is 5.73 Å². The van der Waals surface area contributed by atoms with Gasteiger partial charge >= 0.3 is 0 Å². The molecule has 0 saturated carbocycles. The number of sulfone groups is 1. The van der Waals surface area contributed by atoms with Crippen LogP contribution in [0.5, 0.6) is 0 Å². The van der Waals surface area contributed by atoms with E-state index in [1.807, 2.05) is 0 Å². The molecule has 1 aliphatic rings. The summed E-state index contributed by atoms with van der Waals surface area (Å²) in [5.41, 5.74) is 5.06. The van der Waals surface area contributed by atoms with Gasteiger partial charge in [0.25, 0.3) is 0 Å². The average molecular weight is 210 g/mol. The Kier molecular flexibility index (Phi) is 2.64. The number of hydrogen-bond donors (Lipinski definition) is 3. The molecular formula is C5H10N2O3S2. The number of thioether (sulfide) groups is 1. The fourth-order valence-corrected chi connectivity index (χ4v) is 4.28. The largest absolute Gasteiger partial charge is 0.391 e. The van der Waals surface area contributed by atoms with Crippen molar-refractivity contribution in [3.8, 4) is 0 Å². The summed E-state index contributed by atoms with van der Waals surface area (Å²) in [5, 5.41) is 15.5.